The van der Waals surface area contributed by atoms with E-state index in [0.29, 0.717) is 24.3 Å². The van der Waals surface area contributed by atoms with Crippen LogP contribution in [0.5, 0.6) is 0 Å². The van der Waals surface area contributed by atoms with Crippen molar-refractivity contribution < 1.29 is 23.1 Å². The number of carboxylic acid groups (broad SMARTS) is 1. The van der Waals surface area contributed by atoms with E-state index in [1.807, 2.05) is 0 Å². The largest absolute Gasteiger partial charge is 0.481 e. The summed E-state index contributed by atoms with van der Waals surface area (Å²) >= 11 is 0. The summed E-state index contributed by atoms with van der Waals surface area (Å²) in [4.78, 5) is 16.0. The van der Waals surface area contributed by atoms with Crippen molar-refractivity contribution in [1.82, 2.24) is 9.55 Å². The Morgan fingerprint density at radius 2 is 2.04 bits per heavy atom. The number of benzene rings is 1. The number of nitrogens with zero attached hydrogens (tertiary/aromatic N) is 2. The molecule has 1 aromatic carbocycles. The lowest BCUT2D eigenvalue weighted by Crippen LogP contribution is -2.23. The van der Waals surface area contributed by atoms with E-state index in [-0.39, 0.29) is 5.92 Å². The van der Waals surface area contributed by atoms with Crippen LogP contribution < -0.4 is 5.73 Å². The number of rotatable bonds is 6. The van der Waals surface area contributed by atoms with Crippen molar-refractivity contribution in [3.8, 4) is 5.69 Å². The SMILES string of the molecule is NCCCC1CC1(C(=O)O)c1cn(-c2ccc(C(F)(F)F)cc2)cn1. The van der Waals surface area contributed by atoms with Crippen molar-refractivity contribution in [2.24, 2.45) is 11.7 Å². The molecular weight excluding hydrogens is 335 g/mol. The molecule has 3 rings (SSSR count). The predicted octanol–water partition coefficient (Wildman–Crippen LogP) is 2.97. The van der Waals surface area contributed by atoms with Crippen LogP contribution in [0.3, 0.4) is 0 Å². The Morgan fingerprint density at radius 1 is 1.36 bits per heavy atom. The third-order valence-electron chi connectivity index (χ3n) is 4.78. The van der Waals surface area contributed by atoms with Crippen LogP contribution in [0.15, 0.2) is 36.8 Å². The first-order valence-electron chi connectivity index (χ1n) is 7.94. The summed E-state index contributed by atoms with van der Waals surface area (Å²) < 4.78 is 39.4. The molecule has 0 spiro atoms. The van der Waals surface area contributed by atoms with E-state index in [2.05, 4.69) is 4.98 Å². The molecule has 0 aliphatic heterocycles. The molecular formula is C17H18F3N3O2. The van der Waals surface area contributed by atoms with Gasteiger partial charge in [0.15, 0.2) is 0 Å². The maximum absolute atomic E-state index is 12.6. The average Bonchev–Trinajstić information content (AvgIpc) is 3.09. The smallest absolute Gasteiger partial charge is 0.416 e. The number of carboxylic acids is 1. The maximum atomic E-state index is 12.6. The normalized spacial score (nSPS) is 22.8. The summed E-state index contributed by atoms with van der Waals surface area (Å²) in [6.45, 7) is 0.506. The molecule has 1 fully saturated rings. The molecule has 2 atom stereocenters. The number of hydrogen-bond donors (Lipinski definition) is 2. The number of imidazole rings is 1. The molecule has 2 unspecified atom stereocenters. The average molecular weight is 353 g/mol. The summed E-state index contributed by atoms with van der Waals surface area (Å²) in [6.07, 6.45) is 0.595. The molecule has 2 aromatic rings. The van der Waals surface area contributed by atoms with Gasteiger partial charge in [-0.3, -0.25) is 4.79 Å². The number of halogens is 3. The number of nitrogens with two attached hydrogens (primary N) is 1. The van der Waals surface area contributed by atoms with Crippen LogP contribution in [-0.4, -0.2) is 27.2 Å². The van der Waals surface area contributed by atoms with Gasteiger partial charge in [0.05, 0.1) is 17.6 Å². The van der Waals surface area contributed by atoms with Gasteiger partial charge in [-0.1, -0.05) is 0 Å². The minimum absolute atomic E-state index is 0.00972. The fourth-order valence-corrected chi connectivity index (χ4v) is 3.24. The molecule has 5 nitrogen and oxygen atoms in total. The highest BCUT2D eigenvalue weighted by molar-refractivity contribution is 5.85. The van der Waals surface area contributed by atoms with Crippen LogP contribution in [0.4, 0.5) is 13.2 Å². The Morgan fingerprint density at radius 3 is 2.60 bits per heavy atom. The summed E-state index contributed by atoms with van der Waals surface area (Å²) in [6, 6.07) is 4.65. The summed E-state index contributed by atoms with van der Waals surface area (Å²) in [7, 11) is 0. The Bertz CT molecular complexity index is 770. The lowest BCUT2D eigenvalue weighted by Gasteiger charge is -2.10. The Kier molecular flexibility index (Phi) is 4.32. The molecule has 0 radical (unpaired) electrons. The third kappa shape index (κ3) is 3.13. The van der Waals surface area contributed by atoms with Crippen molar-refractivity contribution in [2.75, 3.05) is 6.54 Å². The monoisotopic (exact) mass is 353 g/mol. The first-order chi connectivity index (χ1) is 11.8. The first-order valence-corrected chi connectivity index (χ1v) is 7.94. The summed E-state index contributed by atoms with van der Waals surface area (Å²) in [5, 5.41) is 9.63. The zero-order valence-corrected chi connectivity index (χ0v) is 13.3. The Hall–Kier alpha value is -2.35. The maximum Gasteiger partial charge on any atom is 0.416 e. The van der Waals surface area contributed by atoms with Gasteiger partial charge in [-0.05, 0) is 56.0 Å². The molecule has 0 saturated heterocycles. The fraction of sp³-hybridized carbons (Fsp3) is 0.412. The number of aromatic nitrogens is 2. The fourth-order valence-electron chi connectivity index (χ4n) is 3.24. The highest BCUT2D eigenvalue weighted by Gasteiger charge is 2.62. The van der Waals surface area contributed by atoms with Crippen molar-refractivity contribution in [3.05, 3.63) is 48.0 Å². The standard InChI is InChI=1S/C17H18F3N3O2/c18-17(19,20)11-3-5-13(6-4-11)23-9-14(22-10-23)16(15(24)25)8-12(16)2-1-7-21/h3-6,9-10,12H,1-2,7-8,21H2,(H,24,25). The molecule has 1 aliphatic rings. The van der Waals surface area contributed by atoms with E-state index >= 15 is 0 Å². The predicted molar refractivity (Wildman–Crippen MR) is 84.3 cm³/mol. The summed E-state index contributed by atoms with van der Waals surface area (Å²) in [5.41, 5.74) is 4.67. The summed E-state index contributed by atoms with van der Waals surface area (Å²) in [5.74, 6) is -0.934. The van der Waals surface area contributed by atoms with Gasteiger partial charge >= 0.3 is 12.1 Å². The zero-order valence-electron chi connectivity index (χ0n) is 13.3. The van der Waals surface area contributed by atoms with Crippen LogP contribution in [-0.2, 0) is 16.4 Å². The van der Waals surface area contributed by atoms with Crippen LogP contribution in [0.2, 0.25) is 0 Å². The second kappa shape index (κ2) is 6.18. The van der Waals surface area contributed by atoms with Crippen molar-refractivity contribution in [3.63, 3.8) is 0 Å². The molecule has 0 amide bonds. The van der Waals surface area contributed by atoms with E-state index in [1.54, 1.807) is 10.8 Å². The molecule has 25 heavy (non-hydrogen) atoms. The van der Waals surface area contributed by atoms with Gasteiger partial charge in [-0.15, -0.1) is 0 Å². The van der Waals surface area contributed by atoms with Crippen LogP contribution in [0, 0.1) is 5.92 Å². The molecule has 8 heteroatoms. The van der Waals surface area contributed by atoms with Crippen molar-refractivity contribution in [2.45, 2.75) is 30.9 Å². The molecule has 1 heterocycles. The van der Waals surface area contributed by atoms with Crippen LogP contribution >= 0.6 is 0 Å². The molecule has 1 aliphatic carbocycles. The van der Waals surface area contributed by atoms with Gasteiger partial charge in [0, 0.05) is 11.9 Å². The van der Waals surface area contributed by atoms with E-state index in [4.69, 9.17) is 5.73 Å². The van der Waals surface area contributed by atoms with Gasteiger partial charge in [0.1, 0.15) is 5.41 Å². The highest BCUT2D eigenvalue weighted by atomic mass is 19.4. The number of carbonyl (C=O) groups is 1. The van der Waals surface area contributed by atoms with Crippen LogP contribution in [0.25, 0.3) is 5.69 Å². The Balaban J connectivity index is 1.84. The van der Waals surface area contributed by atoms with Crippen LogP contribution in [0.1, 0.15) is 30.5 Å². The minimum atomic E-state index is -4.39. The lowest BCUT2D eigenvalue weighted by molar-refractivity contribution is -0.140. The number of alkyl halides is 3. The van der Waals surface area contributed by atoms with E-state index in [9.17, 15) is 23.1 Å². The number of aliphatic carboxylic acids is 1. The van der Waals surface area contributed by atoms with Gasteiger partial charge in [0.25, 0.3) is 0 Å². The van der Waals surface area contributed by atoms with Crippen molar-refractivity contribution >= 4 is 5.97 Å². The molecule has 1 saturated carbocycles. The van der Waals surface area contributed by atoms with E-state index < -0.39 is 23.1 Å². The second-order valence-corrected chi connectivity index (χ2v) is 6.32. The second-order valence-electron chi connectivity index (χ2n) is 6.32. The quantitative estimate of drug-likeness (QED) is 0.837. The minimum Gasteiger partial charge on any atom is -0.481 e. The highest BCUT2D eigenvalue weighted by Crippen LogP contribution is 2.56. The molecule has 1 aromatic heterocycles. The van der Waals surface area contributed by atoms with Gasteiger partial charge < -0.3 is 15.4 Å². The van der Waals surface area contributed by atoms with Gasteiger partial charge in [0.2, 0.25) is 0 Å². The molecule has 134 valence electrons. The van der Waals surface area contributed by atoms with Gasteiger partial charge in [-0.25, -0.2) is 4.98 Å². The van der Waals surface area contributed by atoms with Gasteiger partial charge in [-0.2, -0.15) is 13.2 Å². The number of hydrogen-bond acceptors (Lipinski definition) is 3. The van der Waals surface area contributed by atoms with E-state index in [1.165, 1.54) is 18.5 Å². The Labute approximate surface area is 142 Å². The molecule has 3 N–H and O–H groups in total. The van der Waals surface area contributed by atoms with Crippen molar-refractivity contribution in [1.29, 1.82) is 0 Å². The molecule has 0 bridgehead atoms. The first kappa shape index (κ1) is 17.5. The lowest BCUT2D eigenvalue weighted by atomic mass is 9.98. The topological polar surface area (TPSA) is 81.1 Å². The van der Waals surface area contributed by atoms with E-state index in [0.717, 1.165) is 25.0 Å². The third-order valence-corrected chi connectivity index (χ3v) is 4.78. The zero-order chi connectivity index (χ0) is 18.2.